The van der Waals surface area contributed by atoms with Crippen molar-refractivity contribution < 1.29 is 28.8 Å². The summed E-state index contributed by atoms with van der Waals surface area (Å²) in [5.74, 6) is 2.51. The van der Waals surface area contributed by atoms with Crippen molar-refractivity contribution in [3.63, 3.8) is 0 Å². The van der Waals surface area contributed by atoms with Gasteiger partial charge in [0.2, 0.25) is 0 Å². The van der Waals surface area contributed by atoms with Crippen molar-refractivity contribution in [3.05, 3.63) is 94.3 Å². The van der Waals surface area contributed by atoms with E-state index in [0.717, 1.165) is 49.8 Å². The Morgan fingerprint density at radius 1 is 1.02 bits per heavy atom. The van der Waals surface area contributed by atoms with Gasteiger partial charge in [-0.2, -0.15) is 0 Å². The summed E-state index contributed by atoms with van der Waals surface area (Å²) in [7, 11) is 0. The number of nitrogens with one attached hydrogen (secondary N) is 1. The minimum atomic E-state index is -0.700. The van der Waals surface area contributed by atoms with Crippen LogP contribution in [0.1, 0.15) is 22.3 Å². The van der Waals surface area contributed by atoms with E-state index in [1.54, 1.807) is 36.3 Å². The van der Waals surface area contributed by atoms with E-state index in [1.807, 2.05) is 42.7 Å². The van der Waals surface area contributed by atoms with Gasteiger partial charge in [0.25, 0.3) is 0 Å². The maximum absolute atomic E-state index is 11.2. The Hall–Kier alpha value is -3.76. The third-order valence-corrected chi connectivity index (χ3v) is 8.10. The molecule has 0 aliphatic carbocycles. The minimum absolute atomic E-state index is 0.263. The number of nitrogens with zero attached hydrogens (tertiary/aromatic N) is 1. The minimum Gasteiger partial charge on any atom is -0.488 e. The maximum Gasteiger partial charge on any atom is 0.161 e. The SMILES string of the molecule is CSc1cncc(COc2cc(OCc3cccc(-c4ccc5c(c4)OCCO5)c3C)c(Cl)cc2CNC(C=O)CO)c1. The average Bonchev–Trinajstić information content (AvgIpc) is 3.04. The number of halogens is 1. The first kappa shape index (κ1) is 30.7. The van der Waals surface area contributed by atoms with Gasteiger partial charge >= 0.3 is 0 Å². The molecular weight excluding hydrogens is 588 g/mol. The molecule has 1 aliphatic heterocycles. The van der Waals surface area contributed by atoms with E-state index < -0.39 is 6.04 Å². The molecule has 10 heteroatoms. The third kappa shape index (κ3) is 7.61. The summed E-state index contributed by atoms with van der Waals surface area (Å²) in [5, 5.41) is 12.8. The second-order valence-electron chi connectivity index (χ2n) is 9.95. The number of rotatable bonds is 13. The predicted octanol–water partition coefficient (Wildman–Crippen LogP) is 6.01. The number of aromatic nitrogens is 1. The normalized spacial score (nSPS) is 12.9. The Kier molecular flexibility index (Phi) is 10.4. The quantitative estimate of drug-likeness (QED) is 0.137. The number of hydrogen-bond donors (Lipinski definition) is 2. The summed E-state index contributed by atoms with van der Waals surface area (Å²) in [6, 6.07) is 16.9. The van der Waals surface area contributed by atoms with Gasteiger partial charge in [0.05, 0.1) is 17.7 Å². The van der Waals surface area contributed by atoms with Crippen LogP contribution in [0, 0.1) is 6.92 Å². The molecule has 1 atom stereocenters. The molecule has 1 aliphatic rings. The summed E-state index contributed by atoms with van der Waals surface area (Å²) in [6.45, 7) is 3.67. The molecule has 1 aromatic heterocycles. The van der Waals surface area contributed by atoms with Crippen LogP contribution in [0.5, 0.6) is 23.0 Å². The first-order valence-corrected chi connectivity index (χ1v) is 15.4. The molecule has 0 spiro atoms. The Balaban J connectivity index is 1.36. The van der Waals surface area contributed by atoms with Crippen LogP contribution in [0.3, 0.4) is 0 Å². The number of benzene rings is 3. The van der Waals surface area contributed by atoms with Crippen LogP contribution in [-0.2, 0) is 24.6 Å². The van der Waals surface area contributed by atoms with E-state index in [9.17, 15) is 9.90 Å². The number of pyridine rings is 1. The molecule has 43 heavy (non-hydrogen) atoms. The number of carbonyl (C=O) groups is 1. The van der Waals surface area contributed by atoms with Crippen molar-refractivity contribution in [1.82, 2.24) is 10.3 Å². The monoisotopic (exact) mass is 620 g/mol. The van der Waals surface area contributed by atoms with E-state index in [0.29, 0.717) is 42.6 Å². The summed E-state index contributed by atoms with van der Waals surface area (Å²) in [4.78, 5) is 16.6. The Labute approximate surface area is 260 Å². The summed E-state index contributed by atoms with van der Waals surface area (Å²) in [5.41, 5.74) is 5.83. The van der Waals surface area contributed by atoms with Gasteiger partial charge in [-0.1, -0.05) is 35.9 Å². The number of aliphatic hydroxyl groups is 1. The van der Waals surface area contributed by atoms with Crippen molar-refractivity contribution in [2.45, 2.75) is 37.6 Å². The number of carbonyl (C=O) groups excluding carboxylic acids is 1. The molecule has 1 unspecified atom stereocenters. The molecule has 2 heterocycles. The molecule has 0 fully saturated rings. The van der Waals surface area contributed by atoms with Gasteiger partial charge in [-0.3, -0.25) is 4.98 Å². The number of thioether (sulfide) groups is 1. The molecule has 0 amide bonds. The second-order valence-corrected chi connectivity index (χ2v) is 11.2. The van der Waals surface area contributed by atoms with Crippen LogP contribution in [-0.4, -0.2) is 48.5 Å². The number of aldehydes is 1. The highest BCUT2D eigenvalue weighted by Crippen LogP contribution is 2.37. The van der Waals surface area contributed by atoms with E-state index >= 15 is 0 Å². The highest BCUT2D eigenvalue weighted by atomic mass is 35.5. The van der Waals surface area contributed by atoms with E-state index in [-0.39, 0.29) is 19.8 Å². The molecule has 3 aromatic carbocycles. The zero-order valence-electron chi connectivity index (χ0n) is 24.0. The third-order valence-electron chi connectivity index (χ3n) is 7.11. The van der Waals surface area contributed by atoms with Gasteiger partial charge in [0.15, 0.2) is 11.5 Å². The van der Waals surface area contributed by atoms with Gasteiger partial charge in [0.1, 0.15) is 44.2 Å². The molecule has 0 saturated carbocycles. The van der Waals surface area contributed by atoms with Gasteiger partial charge in [-0.15, -0.1) is 11.8 Å². The van der Waals surface area contributed by atoms with Crippen molar-refractivity contribution in [3.8, 4) is 34.1 Å². The summed E-state index contributed by atoms with van der Waals surface area (Å²) < 4.78 is 23.9. The van der Waals surface area contributed by atoms with Crippen LogP contribution in [0.15, 0.2) is 71.9 Å². The summed E-state index contributed by atoms with van der Waals surface area (Å²) in [6.07, 6.45) is 6.22. The fraction of sp³-hybridized carbons (Fsp3) is 0.273. The fourth-order valence-electron chi connectivity index (χ4n) is 4.69. The number of hydrogen-bond acceptors (Lipinski definition) is 9. The van der Waals surface area contributed by atoms with Gasteiger partial charge in [-0.05, 0) is 59.7 Å². The zero-order valence-corrected chi connectivity index (χ0v) is 25.5. The zero-order chi connectivity index (χ0) is 30.2. The number of aliphatic hydroxyl groups excluding tert-OH is 1. The lowest BCUT2D eigenvalue weighted by molar-refractivity contribution is -0.110. The standard InChI is InChI=1S/C33H33ClN2O6S/c1-21-24(4-3-5-28(21)23-6-7-30-33(12-23)40-9-8-39-30)20-42-32-13-31(41-19-22-10-27(43-2)16-35-14-22)25(11-29(32)34)15-36-26(17-37)18-38/h3-7,10-14,16-17,26,36,38H,8-9,15,18-20H2,1-2H3. The molecule has 8 nitrogen and oxygen atoms in total. The topological polar surface area (TPSA) is 99.1 Å². The van der Waals surface area contributed by atoms with Gasteiger partial charge in [0, 0.05) is 41.0 Å². The first-order valence-electron chi connectivity index (χ1n) is 13.8. The van der Waals surface area contributed by atoms with Crippen LogP contribution in [0.2, 0.25) is 5.02 Å². The van der Waals surface area contributed by atoms with Crippen LogP contribution in [0.25, 0.3) is 11.1 Å². The molecule has 0 saturated heterocycles. The van der Waals surface area contributed by atoms with Crippen LogP contribution in [0.4, 0.5) is 0 Å². The number of fused-ring (bicyclic) bond motifs is 1. The van der Waals surface area contributed by atoms with Crippen molar-refractivity contribution >= 4 is 29.6 Å². The fourth-order valence-corrected chi connectivity index (χ4v) is 5.37. The first-order chi connectivity index (χ1) is 21.0. The second kappa shape index (κ2) is 14.6. The summed E-state index contributed by atoms with van der Waals surface area (Å²) >= 11 is 8.28. The molecule has 4 aromatic rings. The molecular formula is C33H33ClN2O6S. The smallest absolute Gasteiger partial charge is 0.161 e. The molecule has 0 bridgehead atoms. The lowest BCUT2D eigenvalue weighted by atomic mass is 9.96. The molecule has 2 N–H and O–H groups in total. The molecule has 224 valence electrons. The van der Waals surface area contributed by atoms with Crippen molar-refractivity contribution in [2.75, 3.05) is 26.1 Å². The van der Waals surface area contributed by atoms with E-state index in [1.165, 1.54) is 0 Å². The highest BCUT2D eigenvalue weighted by Gasteiger charge is 2.17. The Morgan fingerprint density at radius 3 is 2.63 bits per heavy atom. The Bertz CT molecular complexity index is 1580. The Morgan fingerprint density at radius 2 is 1.84 bits per heavy atom. The largest absolute Gasteiger partial charge is 0.488 e. The predicted molar refractivity (Wildman–Crippen MR) is 168 cm³/mol. The number of ether oxygens (including phenoxy) is 4. The van der Waals surface area contributed by atoms with Crippen LogP contribution >= 0.6 is 23.4 Å². The van der Waals surface area contributed by atoms with Crippen molar-refractivity contribution in [2.24, 2.45) is 0 Å². The average molecular weight is 621 g/mol. The van der Waals surface area contributed by atoms with Crippen molar-refractivity contribution in [1.29, 1.82) is 0 Å². The highest BCUT2D eigenvalue weighted by molar-refractivity contribution is 7.98. The lowest BCUT2D eigenvalue weighted by Gasteiger charge is -2.20. The van der Waals surface area contributed by atoms with Gasteiger partial charge in [-0.25, -0.2) is 0 Å². The van der Waals surface area contributed by atoms with E-state index in [4.69, 9.17) is 30.5 Å². The molecule has 5 rings (SSSR count). The maximum atomic E-state index is 11.2. The van der Waals surface area contributed by atoms with Gasteiger partial charge < -0.3 is 34.2 Å². The van der Waals surface area contributed by atoms with Crippen LogP contribution < -0.4 is 24.3 Å². The van der Waals surface area contributed by atoms with E-state index in [2.05, 4.69) is 23.3 Å². The lowest BCUT2D eigenvalue weighted by Crippen LogP contribution is -2.33. The molecule has 0 radical (unpaired) electrons.